The molecule has 3 rings (SSSR count). The molecular weight excluding hydrogens is 371 g/mol. The van der Waals surface area contributed by atoms with Crippen LogP contribution in [0.3, 0.4) is 0 Å². The van der Waals surface area contributed by atoms with Crippen LogP contribution in [0.5, 0.6) is 5.75 Å². The Hall–Kier alpha value is -2.74. The molecule has 1 heterocycles. The van der Waals surface area contributed by atoms with Gasteiger partial charge in [0, 0.05) is 5.39 Å². The molecule has 0 saturated carbocycles. The molecule has 1 amide bonds. The number of carbonyl (C=O) groups is 1. The largest absolute Gasteiger partial charge is 0.573 e. The predicted molar refractivity (Wildman–Crippen MR) is 90.3 cm³/mol. The molecule has 0 atom stereocenters. The molecule has 1 N–H and O–H groups in total. The molecule has 26 heavy (non-hydrogen) atoms. The highest BCUT2D eigenvalue weighted by Crippen LogP contribution is 2.26. The highest BCUT2D eigenvalue weighted by Gasteiger charge is 2.31. The van der Waals surface area contributed by atoms with E-state index in [-0.39, 0.29) is 24.1 Å². The molecule has 0 fully saturated rings. The quantitative estimate of drug-likeness (QED) is 0.682. The van der Waals surface area contributed by atoms with Gasteiger partial charge < -0.3 is 10.1 Å². The van der Waals surface area contributed by atoms with Crippen molar-refractivity contribution in [2.45, 2.75) is 12.9 Å². The minimum absolute atomic E-state index is 0.153. The number of aromatic nitrogens is 2. The summed E-state index contributed by atoms with van der Waals surface area (Å²) in [5, 5.41) is 7.93. The number of para-hydroxylation sites is 1. The first-order valence-corrected chi connectivity index (χ1v) is 8.06. The third kappa shape index (κ3) is 4.08. The van der Waals surface area contributed by atoms with Crippen LogP contribution in [0.1, 0.15) is 5.69 Å². The summed E-state index contributed by atoms with van der Waals surface area (Å²) in [6, 6.07) is 12.7. The number of hydrogen-bond donors (Lipinski definition) is 1. The molecule has 3 aromatic rings. The normalized spacial score (nSPS) is 11.5. The number of alkyl halides is 4. The Balaban J connectivity index is 1.93. The van der Waals surface area contributed by atoms with Crippen LogP contribution in [0.25, 0.3) is 16.6 Å². The zero-order chi connectivity index (χ0) is 18.7. The molecule has 9 heteroatoms. The van der Waals surface area contributed by atoms with Crippen molar-refractivity contribution in [3.05, 3.63) is 54.2 Å². The van der Waals surface area contributed by atoms with Gasteiger partial charge in [-0.15, -0.1) is 24.8 Å². The molecule has 0 unspecified atom stereocenters. The number of carbonyl (C=O) groups excluding carboxylic acids is 1. The van der Waals surface area contributed by atoms with Crippen LogP contribution in [-0.4, -0.2) is 27.9 Å². The third-order valence-electron chi connectivity index (χ3n) is 3.55. The van der Waals surface area contributed by atoms with Gasteiger partial charge in [-0.25, -0.2) is 4.68 Å². The summed E-state index contributed by atoms with van der Waals surface area (Å²) >= 11 is 5.47. The first-order valence-electron chi connectivity index (χ1n) is 7.53. The number of fused-ring (bicyclic) bond motifs is 1. The number of nitrogens with one attached hydrogen (secondary N) is 1. The Morgan fingerprint density at radius 2 is 1.85 bits per heavy atom. The molecule has 0 aliphatic rings. The predicted octanol–water partition coefficient (Wildman–Crippen LogP) is 3.78. The van der Waals surface area contributed by atoms with Crippen molar-refractivity contribution in [1.29, 1.82) is 0 Å². The molecule has 0 radical (unpaired) electrons. The number of nitrogens with zero attached hydrogens (tertiary/aromatic N) is 2. The van der Waals surface area contributed by atoms with Gasteiger partial charge in [0.25, 0.3) is 0 Å². The lowest BCUT2D eigenvalue weighted by Crippen LogP contribution is -2.24. The zero-order valence-electron chi connectivity index (χ0n) is 13.3. The molecular formula is C17H13ClF3N3O2. The maximum absolute atomic E-state index is 12.3. The van der Waals surface area contributed by atoms with Crippen molar-refractivity contribution in [3.8, 4) is 11.4 Å². The number of benzene rings is 2. The molecule has 0 bridgehead atoms. The van der Waals surface area contributed by atoms with Gasteiger partial charge in [-0.2, -0.15) is 5.10 Å². The lowest BCUT2D eigenvalue weighted by molar-refractivity contribution is -0.274. The van der Waals surface area contributed by atoms with Crippen molar-refractivity contribution < 1.29 is 22.7 Å². The average molecular weight is 384 g/mol. The van der Waals surface area contributed by atoms with Gasteiger partial charge in [0.2, 0.25) is 5.91 Å². The number of ether oxygens (including phenoxy) is 1. The Bertz CT molecular complexity index is 923. The molecule has 5 nitrogen and oxygen atoms in total. The Morgan fingerprint density at radius 3 is 2.50 bits per heavy atom. The van der Waals surface area contributed by atoms with Crippen LogP contribution >= 0.6 is 11.6 Å². The minimum Gasteiger partial charge on any atom is -0.406 e. The topological polar surface area (TPSA) is 56.2 Å². The molecule has 136 valence electrons. The fourth-order valence-electron chi connectivity index (χ4n) is 2.48. The van der Waals surface area contributed by atoms with Gasteiger partial charge >= 0.3 is 6.36 Å². The zero-order valence-corrected chi connectivity index (χ0v) is 14.0. The van der Waals surface area contributed by atoms with Crippen LogP contribution < -0.4 is 10.1 Å². The summed E-state index contributed by atoms with van der Waals surface area (Å²) in [6.45, 7) is 0.189. The van der Waals surface area contributed by atoms with Crippen LogP contribution in [0, 0.1) is 0 Å². The van der Waals surface area contributed by atoms with E-state index in [0.717, 1.165) is 10.9 Å². The summed E-state index contributed by atoms with van der Waals surface area (Å²) in [7, 11) is 0. The van der Waals surface area contributed by atoms with Gasteiger partial charge in [0.15, 0.2) is 0 Å². The van der Waals surface area contributed by atoms with Crippen molar-refractivity contribution in [2.75, 3.05) is 5.88 Å². The second kappa shape index (κ2) is 7.25. The third-order valence-corrected chi connectivity index (χ3v) is 3.80. The lowest BCUT2D eigenvalue weighted by atomic mass is 10.2. The summed E-state index contributed by atoms with van der Waals surface area (Å²) < 4.78 is 42.3. The molecule has 1 aromatic heterocycles. The molecule has 0 aliphatic heterocycles. The second-order valence-electron chi connectivity index (χ2n) is 5.33. The van der Waals surface area contributed by atoms with E-state index in [0.29, 0.717) is 11.4 Å². The molecule has 2 aromatic carbocycles. The van der Waals surface area contributed by atoms with Crippen molar-refractivity contribution in [3.63, 3.8) is 0 Å². The van der Waals surface area contributed by atoms with E-state index in [1.54, 1.807) is 4.68 Å². The van der Waals surface area contributed by atoms with Gasteiger partial charge in [-0.3, -0.25) is 4.79 Å². The first kappa shape index (κ1) is 18.1. The summed E-state index contributed by atoms with van der Waals surface area (Å²) in [5.41, 5.74) is 1.94. The lowest BCUT2D eigenvalue weighted by Gasteiger charge is -2.09. The van der Waals surface area contributed by atoms with E-state index in [2.05, 4.69) is 15.2 Å². The van der Waals surface area contributed by atoms with Gasteiger partial charge in [0.1, 0.15) is 11.6 Å². The van der Waals surface area contributed by atoms with Crippen LogP contribution in [0.4, 0.5) is 13.2 Å². The Kier molecular flexibility index (Phi) is 5.03. The smallest absolute Gasteiger partial charge is 0.406 e. The van der Waals surface area contributed by atoms with Crippen LogP contribution in [0.2, 0.25) is 0 Å². The monoisotopic (exact) mass is 383 g/mol. The SMILES string of the molecule is O=C(CCl)NCc1nn(-c2ccc(OC(F)(F)F)cc2)c2ccccc12. The van der Waals surface area contributed by atoms with Crippen molar-refractivity contribution in [2.24, 2.45) is 0 Å². The van der Waals surface area contributed by atoms with E-state index in [1.165, 1.54) is 24.3 Å². The average Bonchev–Trinajstić information content (AvgIpc) is 2.98. The fraction of sp³-hybridized carbons (Fsp3) is 0.176. The summed E-state index contributed by atoms with van der Waals surface area (Å²) in [4.78, 5) is 11.4. The highest BCUT2D eigenvalue weighted by atomic mass is 35.5. The van der Waals surface area contributed by atoms with E-state index in [4.69, 9.17) is 11.6 Å². The number of halogens is 4. The first-order chi connectivity index (χ1) is 12.4. The fourth-order valence-corrected chi connectivity index (χ4v) is 2.57. The molecule has 0 saturated heterocycles. The molecule has 0 aliphatic carbocycles. The highest BCUT2D eigenvalue weighted by molar-refractivity contribution is 6.27. The van der Waals surface area contributed by atoms with Crippen molar-refractivity contribution in [1.82, 2.24) is 15.1 Å². The second-order valence-corrected chi connectivity index (χ2v) is 5.59. The molecule has 0 spiro atoms. The Morgan fingerprint density at radius 1 is 1.15 bits per heavy atom. The van der Waals surface area contributed by atoms with Crippen molar-refractivity contribution >= 4 is 28.4 Å². The number of hydrogen-bond acceptors (Lipinski definition) is 3. The summed E-state index contributed by atoms with van der Waals surface area (Å²) in [5.74, 6) is -0.787. The van der Waals surface area contributed by atoms with Gasteiger partial charge in [-0.1, -0.05) is 18.2 Å². The number of rotatable bonds is 5. The van der Waals surface area contributed by atoms with E-state index < -0.39 is 6.36 Å². The van der Waals surface area contributed by atoms with Gasteiger partial charge in [-0.05, 0) is 30.3 Å². The number of amides is 1. The maximum Gasteiger partial charge on any atom is 0.573 e. The van der Waals surface area contributed by atoms with E-state index in [1.807, 2.05) is 24.3 Å². The van der Waals surface area contributed by atoms with E-state index in [9.17, 15) is 18.0 Å². The maximum atomic E-state index is 12.3. The minimum atomic E-state index is -4.74. The summed E-state index contributed by atoms with van der Waals surface area (Å²) in [6.07, 6.45) is -4.74. The van der Waals surface area contributed by atoms with Crippen LogP contribution in [-0.2, 0) is 11.3 Å². The van der Waals surface area contributed by atoms with E-state index >= 15 is 0 Å². The standard InChI is InChI=1S/C17H13ClF3N3O2/c18-9-16(25)22-10-14-13-3-1-2-4-15(13)24(23-14)11-5-7-12(8-6-11)26-17(19,20)21/h1-8H,9-10H2,(H,22,25). The Labute approximate surface area is 151 Å². The van der Waals surface area contributed by atoms with Crippen LogP contribution in [0.15, 0.2) is 48.5 Å². The van der Waals surface area contributed by atoms with Gasteiger partial charge in [0.05, 0.1) is 23.4 Å².